The van der Waals surface area contributed by atoms with Gasteiger partial charge in [-0.2, -0.15) is 18.3 Å². The van der Waals surface area contributed by atoms with Crippen molar-refractivity contribution < 1.29 is 32.6 Å². The van der Waals surface area contributed by atoms with Gasteiger partial charge in [-0.15, -0.1) is 0 Å². The fraction of sp³-hybridized carbons (Fsp3) is 0.278. The van der Waals surface area contributed by atoms with Gasteiger partial charge in [0.05, 0.1) is 53.4 Å². The quantitative estimate of drug-likeness (QED) is 0.316. The standard InChI is InChI=1S/C18H18F3N7O4/c1-32-8-13(29)28(7-10-3-2-9(4-23-10)18(19,20)21)17(31)16(30)26-12-6-24-15(22)11-5-25-27-14(11)12/h2-6,13,29H,7-8H2,1H3,(H2,22,24)(H,25,27)(H,26,30)/t13-/m1/s1. The average Bonchev–Trinajstić information content (AvgIpc) is 3.24. The number of nitrogens with one attached hydrogen (secondary N) is 2. The number of nitrogens with zero attached hydrogens (tertiary/aromatic N) is 4. The smallest absolute Gasteiger partial charge is 0.383 e. The van der Waals surface area contributed by atoms with Gasteiger partial charge in [0.1, 0.15) is 5.82 Å². The molecular weight excluding hydrogens is 435 g/mol. The topological polar surface area (TPSA) is 159 Å². The number of aromatic nitrogens is 4. The Bertz CT molecular complexity index is 1120. The zero-order valence-electron chi connectivity index (χ0n) is 16.6. The normalized spacial score (nSPS) is 12.5. The predicted octanol–water partition coefficient (Wildman–Crippen LogP) is 0.886. The molecule has 3 aromatic rings. The van der Waals surface area contributed by atoms with Gasteiger partial charge in [-0.05, 0) is 12.1 Å². The number of anilines is 2. The first kappa shape index (κ1) is 22.9. The highest BCUT2D eigenvalue weighted by Crippen LogP contribution is 2.28. The molecule has 0 fully saturated rings. The molecule has 0 aliphatic heterocycles. The van der Waals surface area contributed by atoms with Gasteiger partial charge in [-0.3, -0.25) is 19.7 Å². The van der Waals surface area contributed by atoms with E-state index in [1.807, 2.05) is 0 Å². The van der Waals surface area contributed by atoms with Crippen LogP contribution < -0.4 is 11.1 Å². The molecular formula is C18H18F3N7O4. The largest absolute Gasteiger partial charge is 0.417 e. The number of aliphatic hydroxyl groups excluding tert-OH is 1. The lowest BCUT2D eigenvalue weighted by molar-refractivity contribution is -0.154. The number of aromatic amines is 1. The first-order valence-electron chi connectivity index (χ1n) is 9.00. The summed E-state index contributed by atoms with van der Waals surface area (Å²) in [6.07, 6.45) is -2.95. The van der Waals surface area contributed by atoms with Gasteiger partial charge in [0.2, 0.25) is 0 Å². The zero-order chi connectivity index (χ0) is 23.5. The summed E-state index contributed by atoms with van der Waals surface area (Å²) in [6, 6.07) is 1.82. The predicted molar refractivity (Wildman–Crippen MR) is 105 cm³/mol. The highest BCUT2D eigenvalue weighted by atomic mass is 19.4. The van der Waals surface area contributed by atoms with E-state index in [1.54, 1.807) is 0 Å². The summed E-state index contributed by atoms with van der Waals surface area (Å²) in [5.41, 5.74) is 5.19. The molecule has 0 unspecified atom stereocenters. The van der Waals surface area contributed by atoms with Crippen molar-refractivity contribution in [3.8, 4) is 0 Å². The van der Waals surface area contributed by atoms with Crippen LogP contribution in [0.1, 0.15) is 11.3 Å². The lowest BCUT2D eigenvalue weighted by Gasteiger charge is -2.26. The molecule has 0 saturated heterocycles. The number of hydrogen-bond acceptors (Lipinski definition) is 8. The molecule has 11 nitrogen and oxygen atoms in total. The first-order chi connectivity index (χ1) is 15.1. The number of amides is 2. The summed E-state index contributed by atoms with van der Waals surface area (Å²) in [5.74, 6) is -2.17. The molecule has 2 amide bonds. The molecule has 0 spiro atoms. The van der Waals surface area contributed by atoms with E-state index in [0.717, 1.165) is 12.1 Å². The van der Waals surface area contributed by atoms with Crippen molar-refractivity contribution in [2.24, 2.45) is 0 Å². The van der Waals surface area contributed by atoms with Crippen LogP contribution in [0, 0.1) is 0 Å². The third-order valence-electron chi connectivity index (χ3n) is 4.38. The first-order valence-corrected chi connectivity index (χ1v) is 9.00. The third-order valence-corrected chi connectivity index (χ3v) is 4.38. The summed E-state index contributed by atoms with van der Waals surface area (Å²) >= 11 is 0. The van der Waals surface area contributed by atoms with E-state index >= 15 is 0 Å². The number of H-pyrrole nitrogens is 1. The van der Waals surface area contributed by atoms with Gasteiger partial charge >= 0.3 is 18.0 Å². The molecule has 3 heterocycles. The zero-order valence-corrected chi connectivity index (χ0v) is 16.6. The summed E-state index contributed by atoms with van der Waals surface area (Å²) < 4.78 is 43.0. The molecule has 14 heteroatoms. The van der Waals surface area contributed by atoms with Crippen LogP contribution in [-0.2, 0) is 27.0 Å². The number of pyridine rings is 2. The molecule has 0 aliphatic carbocycles. The molecule has 3 aromatic heterocycles. The fourth-order valence-corrected chi connectivity index (χ4v) is 2.77. The average molecular weight is 453 g/mol. The maximum absolute atomic E-state index is 12.8. The number of fused-ring (bicyclic) bond motifs is 1. The Balaban J connectivity index is 1.81. The molecule has 0 saturated carbocycles. The minimum Gasteiger partial charge on any atom is -0.383 e. The van der Waals surface area contributed by atoms with Gasteiger partial charge in [0.25, 0.3) is 0 Å². The van der Waals surface area contributed by atoms with Gasteiger partial charge in [-0.25, -0.2) is 4.98 Å². The Morgan fingerprint density at radius 3 is 2.66 bits per heavy atom. The van der Waals surface area contributed by atoms with Crippen LogP contribution in [0.5, 0.6) is 0 Å². The summed E-state index contributed by atoms with van der Waals surface area (Å²) in [5, 5.41) is 19.5. The maximum atomic E-state index is 12.8. The molecule has 0 aliphatic rings. The van der Waals surface area contributed by atoms with Crippen LogP contribution >= 0.6 is 0 Å². The van der Waals surface area contributed by atoms with Crippen LogP contribution in [-0.4, -0.2) is 61.9 Å². The van der Waals surface area contributed by atoms with Gasteiger partial charge in [0.15, 0.2) is 6.23 Å². The molecule has 3 rings (SSSR count). The number of halogens is 3. The van der Waals surface area contributed by atoms with Crippen LogP contribution in [0.3, 0.4) is 0 Å². The van der Waals surface area contributed by atoms with E-state index in [1.165, 1.54) is 19.5 Å². The van der Waals surface area contributed by atoms with Crippen molar-refractivity contribution in [1.82, 2.24) is 25.1 Å². The van der Waals surface area contributed by atoms with Gasteiger partial charge in [-0.1, -0.05) is 0 Å². The minimum absolute atomic E-state index is 0.0133. The molecule has 0 radical (unpaired) electrons. The number of ether oxygens (including phenoxy) is 1. The lowest BCUT2D eigenvalue weighted by Crippen LogP contribution is -2.47. The van der Waals surface area contributed by atoms with Crippen molar-refractivity contribution >= 4 is 34.2 Å². The van der Waals surface area contributed by atoms with E-state index in [9.17, 15) is 27.9 Å². The molecule has 170 valence electrons. The Hall–Kier alpha value is -3.78. The van der Waals surface area contributed by atoms with Gasteiger partial charge < -0.3 is 25.8 Å². The van der Waals surface area contributed by atoms with Crippen LogP contribution in [0.2, 0.25) is 0 Å². The number of hydrogen-bond donors (Lipinski definition) is 4. The molecule has 32 heavy (non-hydrogen) atoms. The Kier molecular flexibility index (Phi) is 6.55. The van der Waals surface area contributed by atoms with Crippen LogP contribution in [0.25, 0.3) is 10.9 Å². The number of aliphatic hydroxyl groups is 1. The molecule has 5 N–H and O–H groups in total. The van der Waals surface area contributed by atoms with Crippen molar-refractivity contribution in [3.05, 3.63) is 42.0 Å². The number of nitrogen functional groups attached to an aromatic ring is 1. The summed E-state index contributed by atoms with van der Waals surface area (Å²) in [6.45, 7) is -0.803. The number of carbonyl (C=O) groups is 2. The second-order valence-corrected chi connectivity index (χ2v) is 6.57. The van der Waals surface area contributed by atoms with Crippen LogP contribution in [0.4, 0.5) is 24.7 Å². The molecule has 1 atom stereocenters. The van der Waals surface area contributed by atoms with E-state index in [2.05, 4.69) is 25.5 Å². The summed E-state index contributed by atoms with van der Waals surface area (Å²) in [7, 11) is 1.26. The molecule has 0 bridgehead atoms. The number of methoxy groups -OCH3 is 1. The number of nitrogens with two attached hydrogens (primary N) is 1. The van der Waals surface area contributed by atoms with Gasteiger partial charge in [0, 0.05) is 13.3 Å². The number of rotatable bonds is 6. The van der Waals surface area contributed by atoms with Crippen molar-refractivity contribution in [2.75, 3.05) is 24.8 Å². The van der Waals surface area contributed by atoms with Crippen molar-refractivity contribution in [3.63, 3.8) is 0 Å². The van der Waals surface area contributed by atoms with Crippen molar-refractivity contribution in [2.45, 2.75) is 18.9 Å². The SMILES string of the molecule is COC[C@@H](O)N(Cc1ccc(C(F)(F)F)cn1)C(=O)C(=O)Nc1cnc(N)c2cn[nH]c12. The third kappa shape index (κ3) is 4.92. The summed E-state index contributed by atoms with van der Waals surface area (Å²) in [4.78, 5) is 33.6. The second-order valence-electron chi connectivity index (χ2n) is 6.57. The number of alkyl halides is 3. The van der Waals surface area contributed by atoms with E-state index in [0.29, 0.717) is 22.0 Å². The van der Waals surface area contributed by atoms with Crippen molar-refractivity contribution in [1.29, 1.82) is 0 Å². The molecule has 0 aromatic carbocycles. The van der Waals surface area contributed by atoms with E-state index in [-0.39, 0.29) is 23.8 Å². The Morgan fingerprint density at radius 1 is 1.28 bits per heavy atom. The van der Waals surface area contributed by atoms with E-state index < -0.39 is 36.3 Å². The maximum Gasteiger partial charge on any atom is 0.417 e. The van der Waals surface area contributed by atoms with Crippen LogP contribution in [0.15, 0.2) is 30.7 Å². The minimum atomic E-state index is -4.58. The number of carbonyl (C=O) groups excluding carboxylic acids is 2. The Labute approximate surface area is 178 Å². The highest BCUT2D eigenvalue weighted by Gasteiger charge is 2.32. The highest BCUT2D eigenvalue weighted by molar-refractivity contribution is 6.40. The van der Waals surface area contributed by atoms with E-state index in [4.69, 9.17) is 10.5 Å². The Morgan fingerprint density at radius 2 is 2.03 bits per heavy atom. The monoisotopic (exact) mass is 453 g/mol. The second kappa shape index (κ2) is 9.15. The fourth-order valence-electron chi connectivity index (χ4n) is 2.77. The lowest BCUT2D eigenvalue weighted by atomic mass is 10.2.